The number of carbonyl (C=O) groups excluding carboxylic acids is 1. The number of halogens is 1. The summed E-state index contributed by atoms with van der Waals surface area (Å²) in [7, 11) is 3.13. The standard InChI is InChI=1S/C20H19ClN2O3S2/c1-25-16-6-7-17(18(10-16)26-2)23-19(24)9-15-12-28-20(22-15)27-11-13-4-3-5-14(21)8-13/h3-8,10,12H,9,11H2,1-2H3,(H,23,24). The topological polar surface area (TPSA) is 60.5 Å². The van der Waals surface area contributed by atoms with Crippen LogP contribution in [0, 0.1) is 0 Å². The molecule has 1 aromatic heterocycles. The molecule has 1 heterocycles. The maximum absolute atomic E-state index is 12.4. The predicted molar refractivity (Wildman–Crippen MR) is 115 cm³/mol. The highest BCUT2D eigenvalue weighted by Gasteiger charge is 2.12. The van der Waals surface area contributed by atoms with E-state index in [9.17, 15) is 4.79 Å². The number of anilines is 1. The Kier molecular flexibility index (Phi) is 7.19. The summed E-state index contributed by atoms with van der Waals surface area (Å²) in [6.07, 6.45) is 0.198. The van der Waals surface area contributed by atoms with E-state index in [0.717, 1.165) is 26.4 Å². The van der Waals surface area contributed by atoms with E-state index in [-0.39, 0.29) is 12.3 Å². The Balaban J connectivity index is 1.56. The van der Waals surface area contributed by atoms with Gasteiger partial charge in [-0.15, -0.1) is 11.3 Å². The lowest BCUT2D eigenvalue weighted by Crippen LogP contribution is -2.15. The Morgan fingerprint density at radius 3 is 2.82 bits per heavy atom. The summed E-state index contributed by atoms with van der Waals surface area (Å²) >= 11 is 9.17. The average Bonchev–Trinajstić information content (AvgIpc) is 3.14. The number of hydrogen-bond donors (Lipinski definition) is 1. The Morgan fingerprint density at radius 1 is 1.21 bits per heavy atom. The molecule has 0 fully saturated rings. The molecule has 1 amide bonds. The fourth-order valence-electron chi connectivity index (χ4n) is 2.47. The van der Waals surface area contributed by atoms with Crippen molar-refractivity contribution in [2.75, 3.05) is 19.5 Å². The van der Waals surface area contributed by atoms with E-state index in [1.54, 1.807) is 44.2 Å². The van der Waals surface area contributed by atoms with E-state index in [2.05, 4.69) is 10.3 Å². The number of nitrogens with zero attached hydrogens (tertiary/aromatic N) is 1. The van der Waals surface area contributed by atoms with Gasteiger partial charge in [-0.3, -0.25) is 4.79 Å². The maximum Gasteiger partial charge on any atom is 0.230 e. The number of benzene rings is 2. The molecular weight excluding hydrogens is 416 g/mol. The molecule has 0 radical (unpaired) electrons. The second-order valence-corrected chi connectivity index (χ2v) is 8.33. The first kappa shape index (κ1) is 20.5. The van der Waals surface area contributed by atoms with Crippen molar-refractivity contribution in [2.24, 2.45) is 0 Å². The number of carbonyl (C=O) groups is 1. The maximum atomic E-state index is 12.4. The Labute approximate surface area is 177 Å². The van der Waals surface area contributed by atoms with Crippen molar-refractivity contribution >= 4 is 46.3 Å². The molecule has 3 rings (SSSR count). The first-order valence-corrected chi connectivity index (χ1v) is 10.6. The minimum absolute atomic E-state index is 0.153. The van der Waals surface area contributed by atoms with Crippen LogP contribution in [0.1, 0.15) is 11.3 Å². The average molecular weight is 435 g/mol. The van der Waals surface area contributed by atoms with E-state index >= 15 is 0 Å². The molecule has 3 aromatic rings. The molecule has 0 aliphatic heterocycles. The van der Waals surface area contributed by atoms with Crippen LogP contribution in [0.25, 0.3) is 0 Å². The lowest BCUT2D eigenvalue weighted by atomic mass is 10.2. The number of thioether (sulfide) groups is 1. The van der Waals surface area contributed by atoms with E-state index in [0.29, 0.717) is 17.2 Å². The molecule has 5 nitrogen and oxygen atoms in total. The zero-order valence-electron chi connectivity index (χ0n) is 15.4. The normalized spacial score (nSPS) is 10.5. The second kappa shape index (κ2) is 9.82. The van der Waals surface area contributed by atoms with Gasteiger partial charge in [0.15, 0.2) is 0 Å². The number of amides is 1. The minimum atomic E-state index is -0.153. The molecule has 1 N–H and O–H groups in total. The van der Waals surface area contributed by atoms with Crippen molar-refractivity contribution in [1.82, 2.24) is 4.98 Å². The summed E-state index contributed by atoms with van der Waals surface area (Å²) in [5.74, 6) is 1.84. The van der Waals surface area contributed by atoms with Gasteiger partial charge in [0, 0.05) is 22.2 Å². The van der Waals surface area contributed by atoms with Crippen molar-refractivity contribution in [3.63, 3.8) is 0 Å². The van der Waals surface area contributed by atoms with Crippen molar-refractivity contribution in [1.29, 1.82) is 0 Å². The third kappa shape index (κ3) is 5.64. The van der Waals surface area contributed by atoms with Crippen LogP contribution >= 0.6 is 34.7 Å². The quantitative estimate of drug-likeness (QED) is 0.488. The van der Waals surface area contributed by atoms with Gasteiger partial charge >= 0.3 is 0 Å². The van der Waals surface area contributed by atoms with Crippen LogP contribution in [0.5, 0.6) is 11.5 Å². The van der Waals surface area contributed by atoms with Gasteiger partial charge in [0.1, 0.15) is 15.8 Å². The first-order chi connectivity index (χ1) is 13.6. The monoisotopic (exact) mass is 434 g/mol. The molecule has 0 aliphatic carbocycles. The number of methoxy groups -OCH3 is 2. The zero-order chi connectivity index (χ0) is 19.9. The van der Waals surface area contributed by atoms with Crippen LogP contribution in [0.2, 0.25) is 5.02 Å². The van der Waals surface area contributed by atoms with Crippen LogP contribution in [-0.4, -0.2) is 25.1 Å². The number of ether oxygens (including phenoxy) is 2. The molecule has 0 atom stereocenters. The summed E-state index contributed by atoms with van der Waals surface area (Å²) in [6, 6.07) is 13.0. The molecule has 0 spiro atoms. The lowest BCUT2D eigenvalue weighted by molar-refractivity contribution is -0.115. The van der Waals surface area contributed by atoms with Gasteiger partial charge < -0.3 is 14.8 Å². The summed E-state index contributed by atoms with van der Waals surface area (Å²) in [5.41, 5.74) is 2.47. The summed E-state index contributed by atoms with van der Waals surface area (Å²) in [5, 5.41) is 5.49. The fraction of sp³-hybridized carbons (Fsp3) is 0.200. The van der Waals surface area contributed by atoms with E-state index in [1.165, 1.54) is 11.3 Å². The number of rotatable bonds is 8. The number of aromatic nitrogens is 1. The van der Waals surface area contributed by atoms with Crippen molar-refractivity contribution < 1.29 is 14.3 Å². The summed E-state index contributed by atoms with van der Waals surface area (Å²) in [4.78, 5) is 16.9. The van der Waals surface area contributed by atoms with Gasteiger partial charge in [0.05, 0.1) is 32.0 Å². The highest BCUT2D eigenvalue weighted by molar-refractivity contribution is 8.00. The van der Waals surface area contributed by atoms with Crippen molar-refractivity contribution in [3.8, 4) is 11.5 Å². The van der Waals surface area contributed by atoms with Crippen LogP contribution in [0.4, 0.5) is 5.69 Å². The molecular formula is C20H19ClN2O3S2. The molecule has 0 bridgehead atoms. The number of nitrogens with one attached hydrogen (secondary N) is 1. The van der Waals surface area contributed by atoms with Crippen LogP contribution < -0.4 is 14.8 Å². The smallest absolute Gasteiger partial charge is 0.230 e. The van der Waals surface area contributed by atoms with Gasteiger partial charge in [-0.1, -0.05) is 35.5 Å². The first-order valence-electron chi connectivity index (χ1n) is 8.41. The van der Waals surface area contributed by atoms with Crippen molar-refractivity contribution in [3.05, 3.63) is 64.1 Å². The minimum Gasteiger partial charge on any atom is -0.497 e. The molecule has 0 saturated carbocycles. The lowest BCUT2D eigenvalue weighted by Gasteiger charge is -2.11. The zero-order valence-corrected chi connectivity index (χ0v) is 17.8. The molecule has 146 valence electrons. The van der Waals surface area contributed by atoms with E-state index in [4.69, 9.17) is 21.1 Å². The van der Waals surface area contributed by atoms with Gasteiger partial charge in [-0.05, 0) is 29.8 Å². The van der Waals surface area contributed by atoms with E-state index < -0.39 is 0 Å². The molecule has 0 unspecified atom stereocenters. The van der Waals surface area contributed by atoms with Gasteiger partial charge in [-0.25, -0.2) is 4.98 Å². The molecule has 8 heteroatoms. The predicted octanol–water partition coefficient (Wildman–Crippen LogP) is 5.29. The highest BCUT2D eigenvalue weighted by Crippen LogP contribution is 2.30. The largest absolute Gasteiger partial charge is 0.497 e. The Morgan fingerprint density at radius 2 is 2.07 bits per heavy atom. The Bertz CT molecular complexity index is 962. The van der Waals surface area contributed by atoms with Crippen LogP contribution in [0.15, 0.2) is 52.2 Å². The number of thiazole rings is 1. The highest BCUT2D eigenvalue weighted by atomic mass is 35.5. The fourth-order valence-corrected chi connectivity index (χ4v) is 4.47. The van der Waals surface area contributed by atoms with Crippen molar-refractivity contribution in [2.45, 2.75) is 16.5 Å². The molecule has 0 saturated heterocycles. The Hall–Kier alpha value is -2.22. The second-order valence-electron chi connectivity index (χ2n) is 5.81. The summed E-state index contributed by atoms with van der Waals surface area (Å²) < 4.78 is 11.4. The third-order valence-corrected chi connectivity index (χ3v) is 6.18. The van der Waals surface area contributed by atoms with Gasteiger partial charge in [0.25, 0.3) is 0 Å². The molecule has 28 heavy (non-hydrogen) atoms. The van der Waals surface area contributed by atoms with Crippen LogP contribution in [-0.2, 0) is 17.0 Å². The summed E-state index contributed by atoms with van der Waals surface area (Å²) in [6.45, 7) is 0. The third-order valence-electron chi connectivity index (χ3n) is 3.81. The molecule has 2 aromatic carbocycles. The van der Waals surface area contributed by atoms with E-state index in [1.807, 2.05) is 29.6 Å². The molecule has 0 aliphatic rings. The number of hydrogen-bond acceptors (Lipinski definition) is 6. The SMILES string of the molecule is COc1ccc(NC(=O)Cc2csc(SCc3cccc(Cl)c3)n2)c(OC)c1. The van der Waals surface area contributed by atoms with Gasteiger partial charge in [0.2, 0.25) is 5.91 Å². The van der Waals surface area contributed by atoms with Crippen LogP contribution in [0.3, 0.4) is 0 Å². The van der Waals surface area contributed by atoms with Gasteiger partial charge in [-0.2, -0.15) is 0 Å².